The fourth-order valence-corrected chi connectivity index (χ4v) is 3.53. The standard InChI is InChI=1S/C28H27NO3/c1-30-26-16-14-24(23-11-7-4-8-12-23)18-25(26)29-19-22-13-15-27(28(17-22)31-2)32-20-21-9-5-3-6-10-21/h3-18,29H,19-20H2,1-2H3. The minimum Gasteiger partial charge on any atom is -0.495 e. The maximum Gasteiger partial charge on any atom is 0.161 e. The number of hydrogen-bond donors (Lipinski definition) is 1. The number of methoxy groups -OCH3 is 2. The molecular weight excluding hydrogens is 398 g/mol. The molecule has 1 N–H and O–H groups in total. The number of rotatable bonds is 9. The van der Waals surface area contributed by atoms with Crippen LogP contribution in [0.1, 0.15) is 11.1 Å². The van der Waals surface area contributed by atoms with Gasteiger partial charge in [-0.3, -0.25) is 0 Å². The van der Waals surface area contributed by atoms with Crippen molar-refractivity contribution in [2.45, 2.75) is 13.2 Å². The van der Waals surface area contributed by atoms with E-state index in [0.29, 0.717) is 18.9 Å². The highest BCUT2D eigenvalue weighted by Crippen LogP contribution is 2.32. The molecule has 162 valence electrons. The summed E-state index contributed by atoms with van der Waals surface area (Å²) >= 11 is 0. The summed E-state index contributed by atoms with van der Waals surface area (Å²) in [6, 6.07) is 32.6. The van der Waals surface area contributed by atoms with Gasteiger partial charge in [0.05, 0.1) is 19.9 Å². The third kappa shape index (κ3) is 5.22. The second kappa shape index (κ2) is 10.4. The van der Waals surface area contributed by atoms with Gasteiger partial charge < -0.3 is 19.5 Å². The summed E-state index contributed by atoms with van der Waals surface area (Å²) in [5.41, 5.74) is 5.44. The maximum absolute atomic E-state index is 5.97. The predicted molar refractivity (Wildman–Crippen MR) is 130 cm³/mol. The Kier molecular flexibility index (Phi) is 6.93. The van der Waals surface area contributed by atoms with Crippen molar-refractivity contribution in [3.63, 3.8) is 0 Å². The molecule has 0 unspecified atom stereocenters. The van der Waals surface area contributed by atoms with Crippen LogP contribution in [0.4, 0.5) is 5.69 Å². The van der Waals surface area contributed by atoms with Gasteiger partial charge in [-0.15, -0.1) is 0 Å². The zero-order valence-corrected chi connectivity index (χ0v) is 18.4. The van der Waals surface area contributed by atoms with E-state index in [1.54, 1.807) is 14.2 Å². The Morgan fingerprint density at radius 2 is 1.28 bits per heavy atom. The summed E-state index contributed by atoms with van der Waals surface area (Å²) in [4.78, 5) is 0. The average molecular weight is 426 g/mol. The summed E-state index contributed by atoms with van der Waals surface area (Å²) in [6.45, 7) is 1.13. The fourth-order valence-electron chi connectivity index (χ4n) is 3.53. The average Bonchev–Trinajstić information content (AvgIpc) is 2.87. The van der Waals surface area contributed by atoms with Gasteiger partial charge in [0.15, 0.2) is 11.5 Å². The van der Waals surface area contributed by atoms with E-state index in [2.05, 4.69) is 29.6 Å². The van der Waals surface area contributed by atoms with Crippen LogP contribution < -0.4 is 19.5 Å². The van der Waals surface area contributed by atoms with Crippen molar-refractivity contribution < 1.29 is 14.2 Å². The first-order chi connectivity index (χ1) is 15.8. The Hall–Kier alpha value is -3.92. The monoisotopic (exact) mass is 425 g/mol. The molecule has 4 nitrogen and oxygen atoms in total. The van der Waals surface area contributed by atoms with Crippen LogP contribution in [0, 0.1) is 0 Å². The van der Waals surface area contributed by atoms with E-state index in [1.807, 2.05) is 72.8 Å². The number of benzene rings is 4. The Balaban J connectivity index is 1.47. The molecule has 0 spiro atoms. The molecule has 0 aromatic heterocycles. The highest BCUT2D eigenvalue weighted by Gasteiger charge is 2.09. The largest absolute Gasteiger partial charge is 0.495 e. The summed E-state index contributed by atoms with van der Waals surface area (Å²) in [5.74, 6) is 2.24. The second-order valence-corrected chi connectivity index (χ2v) is 7.39. The van der Waals surface area contributed by atoms with Crippen LogP contribution in [0.25, 0.3) is 11.1 Å². The second-order valence-electron chi connectivity index (χ2n) is 7.39. The van der Waals surface area contributed by atoms with E-state index in [0.717, 1.165) is 33.9 Å². The van der Waals surface area contributed by atoms with Crippen LogP contribution in [0.2, 0.25) is 0 Å². The van der Waals surface area contributed by atoms with Crippen molar-refractivity contribution in [2.75, 3.05) is 19.5 Å². The lowest BCUT2D eigenvalue weighted by atomic mass is 10.0. The maximum atomic E-state index is 5.97. The molecule has 0 radical (unpaired) electrons. The topological polar surface area (TPSA) is 39.7 Å². The summed E-state index contributed by atoms with van der Waals surface area (Å²) in [7, 11) is 3.35. The van der Waals surface area contributed by atoms with Crippen molar-refractivity contribution in [3.05, 3.63) is 108 Å². The Labute approximate surface area is 189 Å². The van der Waals surface area contributed by atoms with Gasteiger partial charge in [0.1, 0.15) is 12.4 Å². The van der Waals surface area contributed by atoms with Crippen LogP contribution in [-0.2, 0) is 13.2 Å². The van der Waals surface area contributed by atoms with Crippen LogP contribution in [0.3, 0.4) is 0 Å². The van der Waals surface area contributed by atoms with Gasteiger partial charge in [0.2, 0.25) is 0 Å². The molecule has 0 amide bonds. The van der Waals surface area contributed by atoms with Gasteiger partial charge in [-0.25, -0.2) is 0 Å². The molecule has 0 atom stereocenters. The first-order valence-electron chi connectivity index (χ1n) is 10.6. The Morgan fingerprint density at radius 3 is 2.00 bits per heavy atom. The van der Waals surface area contributed by atoms with Crippen molar-refractivity contribution in [2.24, 2.45) is 0 Å². The highest BCUT2D eigenvalue weighted by molar-refractivity contribution is 5.72. The minimum atomic E-state index is 0.498. The fraction of sp³-hybridized carbons (Fsp3) is 0.143. The normalized spacial score (nSPS) is 10.4. The number of nitrogens with one attached hydrogen (secondary N) is 1. The highest BCUT2D eigenvalue weighted by atomic mass is 16.5. The quantitative estimate of drug-likeness (QED) is 0.330. The van der Waals surface area contributed by atoms with Gasteiger partial charge in [-0.05, 0) is 46.5 Å². The lowest BCUT2D eigenvalue weighted by Gasteiger charge is -2.15. The number of hydrogen-bond acceptors (Lipinski definition) is 4. The van der Waals surface area contributed by atoms with Crippen LogP contribution in [0.5, 0.6) is 17.2 Å². The Bertz CT molecular complexity index is 1140. The molecule has 4 rings (SSSR count). The summed E-state index contributed by atoms with van der Waals surface area (Å²) in [5, 5.41) is 3.50. The molecule has 4 aromatic rings. The van der Waals surface area contributed by atoms with Crippen LogP contribution >= 0.6 is 0 Å². The van der Waals surface area contributed by atoms with Crippen molar-refractivity contribution in [1.82, 2.24) is 0 Å². The molecule has 0 bridgehead atoms. The van der Waals surface area contributed by atoms with Gasteiger partial charge in [0, 0.05) is 6.54 Å². The number of anilines is 1. The molecule has 4 heteroatoms. The Morgan fingerprint density at radius 1 is 0.594 bits per heavy atom. The third-order valence-corrected chi connectivity index (χ3v) is 5.25. The van der Waals surface area contributed by atoms with Crippen LogP contribution in [-0.4, -0.2) is 14.2 Å². The molecule has 32 heavy (non-hydrogen) atoms. The van der Waals surface area contributed by atoms with E-state index in [1.165, 1.54) is 5.56 Å². The van der Waals surface area contributed by atoms with Gasteiger partial charge >= 0.3 is 0 Å². The third-order valence-electron chi connectivity index (χ3n) is 5.25. The summed E-state index contributed by atoms with van der Waals surface area (Å²) < 4.78 is 17.1. The van der Waals surface area contributed by atoms with E-state index in [4.69, 9.17) is 14.2 Å². The van der Waals surface area contributed by atoms with Crippen molar-refractivity contribution in [1.29, 1.82) is 0 Å². The molecular formula is C28H27NO3. The van der Waals surface area contributed by atoms with Crippen LogP contribution in [0.15, 0.2) is 97.1 Å². The summed E-state index contributed by atoms with van der Waals surface area (Å²) in [6.07, 6.45) is 0. The van der Waals surface area contributed by atoms with E-state index in [9.17, 15) is 0 Å². The van der Waals surface area contributed by atoms with Crippen molar-refractivity contribution >= 4 is 5.69 Å². The molecule has 0 aliphatic carbocycles. The van der Waals surface area contributed by atoms with E-state index < -0.39 is 0 Å². The van der Waals surface area contributed by atoms with E-state index >= 15 is 0 Å². The van der Waals surface area contributed by atoms with Gasteiger partial charge in [-0.2, -0.15) is 0 Å². The lowest BCUT2D eigenvalue weighted by Crippen LogP contribution is -2.03. The zero-order chi connectivity index (χ0) is 22.2. The first-order valence-corrected chi connectivity index (χ1v) is 10.6. The van der Waals surface area contributed by atoms with E-state index in [-0.39, 0.29) is 0 Å². The number of ether oxygens (including phenoxy) is 3. The molecule has 0 aliphatic rings. The van der Waals surface area contributed by atoms with Gasteiger partial charge in [0.25, 0.3) is 0 Å². The predicted octanol–water partition coefficient (Wildman–Crippen LogP) is 6.56. The molecule has 0 saturated heterocycles. The molecule has 0 aliphatic heterocycles. The minimum absolute atomic E-state index is 0.498. The SMILES string of the molecule is COc1ccc(-c2ccccc2)cc1NCc1ccc(OCc2ccccc2)c(OC)c1. The molecule has 0 saturated carbocycles. The zero-order valence-electron chi connectivity index (χ0n) is 18.4. The van der Waals surface area contributed by atoms with Gasteiger partial charge in [-0.1, -0.05) is 72.8 Å². The molecule has 0 fully saturated rings. The molecule has 4 aromatic carbocycles. The molecule has 0 heterocycles. The smallest absolute Gasteiger partial charge is 0.161 e. The van der Waals surface area contributed by atoms with Crippen molar-refractivity contribution in [3.8, 4) is 28.4 Å². The first kappa shape index (κ1) is 21.3. The lowest BCUT2D eigenvalue weighted by molar-refractivity contribution is 0.284.